The Bertz CT molecular complexity index is 533. The molecule has 1 rings (SSSR count). The van der Waals surface area contributed by atoms with Crippen molar-refractivity contribution in [3.8, 4) is 0 Å². The van der Waals surface area contributed by atoms with Gasteiger partial charge in [-0.1, -0.05) is 0 Å². The highest BCUT2D eigenvalue weighted by Crippen LogP contribution is 2.23. The molecule has 8 heteroatoms. The summed E-state index contributed by atoms with van der Waals surface area (Å²) in [4.78, 5) is 33.0. The minimum absolute atomic E-state index is 0.0753. The third-order valence-electron chi connectivity index (χ3n) is 2.23. The SMILES string of the molecule is NC(=O)CC(N)C(=O)Nc1ccc(C(=O)O)cc1Br. The van der Waals surface area contributed by atoms with Gasteiger partial charge in [-0.05, 0) is 34.1 Å². The Morgan fingerprint density at radius 1 is 1.37 bits per heavy atom. The molecule has 0 saturated carbocycles. The number of aromatic carboxylic acids is 1. The first kappa shape index (κ1) is 15.1. The summed E-state index contributed by atoms with van der Waals surface area (Å²) in [5.41, 5.74) is 10.8. The van der Waals surface area contributed by atoms with Gasteiger partial charge in [-0.15, -0.1) is 0 Å². The number of carboxylic acid groups (broad SMARTS) is 1. The zero-order chi connectivity index (χ0) is 14.6. The Balaban J connectivity index is 2.80. The highest BCUT2D eigenvalue weighted by atomic mass is 79.9. The highest BCUT2D eigenvalue weighted by Gasteiger charge is 2.17. The Kier molecular flexibility index (Phi) is 5.02. The minimum atomic E-state index is -1.08. The number of carbonyl (C=O) groups excluding carboxylic acids is 2. The van der Waals surface area contributed by atoms with Crippen molar-refractivity contribution in [1.82, 2.24) is 0 Å². The zero-order valence-electron chi connectivity index (χ0n) is 9.72. The molecule has 0 aromatic heterocycles. The molecule has 0 aliphatic carbocycles. The average Bonchev–Trinajstić information content (AvgIpc) is 2.30. The van der Waals surface area contributed by atoms with Gasteiger partial charge in [0.05, 0.1) is 23.7 Å². The molecule has 0 spiro atoms. The summed E-state index contributed by atoms with van der Waals surface area (Å²) in [6.07, 6.45) is -0.267. The number of nitrogens with two attached hydrogens (primary N) is 2. The number of primary amides is 1. The van der Waals surface area contributed by atoms with Gasteiger partial charge in [0.15, 0.2) is 0 Å². The van der Waals surface area contributed by atoms with Crippen molar-refractivity contribution in [2.45, 2.75) is 12.5 Å². The third kappa shape index (κ3) is 4.34. The van der Waals surface area contributed by atoms with Gasteiger partial charge in [0, 0.05) is 4.47 Å². The summed E-state index contributed by atoms with van der Waals surface area (Å²) >= 11 is 3.13. The van der Waals surface area contributed by atoms with E-state index in [-0.39, 0.29) is 12.0 Å². The number of anilines is 1. The van der Waals surface area contributed by atoms with Crippen molar-refractivity contribution < 1.29 is 19.5 Å². The third-order valence-corrected chi connectivity index (χ3v) is 2.89. The molecule has 1 atom stereocenters. The van der Waals surface area contributed by atoms with E-state index in [0.717, 1.165) is 0 Å². The summed E-state index contributed by atoms with van der Waals surface area (Å²) in [5.74, 6) is -2.34. The first-order valence-corrected chi connectivity index (χ1v) is 5.98. The molecule has 1 unspecified atom stereocenters. The van der Waals surface area contributed by atoms with Crippen LogP contribution < -0.4 is 16.8 Å². The topological polar surface area (TPSA) is 136 Å². The van der Waals surface area contributed by atoms with Crippen LogP contribution in [0.4, 0.5) is 5.69 Å². The molecule has 0 aliphatic rings. The van der Waals surface area contributed by atoms with Crippen LogP contribution in [0, 0.1) is 0 Å². The monoisotopic (exact) mass is 329 g/mol. The van der Waals surface area contributed by atoms with Crippen molar-refractivity contribution in [2.24, 2.45) is 11.5 Å². The van der Waals surface area contributed by atoms with E-state index in [1.54, 1.807) is 0 Å². The van der Waals surface area contributed by atoms with Crippen LogP contribution >= 0.6 is 15.9 Å². The van der Waals surface area contributed by atoms with Gasteiger partial charge in [-0.2, -0.15) is 0 Å². The van der Waals surface area contributed by atoms with Crippen LogP contribution in [-0.2, 0) is 9.59 Å². The van der Waals surface area contributed by atoms with E-state index < -0.39 is 23.8 Å². The number of rotatable bonds is 5. The summed E-state index contributed by atoms with van der Waals surface area (Å²) in [6.45, 7) is 0. The largest absolute Gasteiger partial charge is 0.478 e. The first-order valence-electron chi connectivity index (χ1n) is 5.19. The van der Waals surface area contributed by atoms with E-state index in [2.05, 4.69) is 21.2 Å². The molecule has 0 aliphatic heterocycles. The normalized spacial score (nSPS) is 11.7. The predicted molar refractivity (Wildman–Crippen MR) is 71.5 cm³/mol. The van der Waals surface area contributed by atoms with E-state index in [0.29, 0.717) is 10.2 Å². The van der Waals surface area contributed by atoms with Crippen molar-refractivity contribution in [1.29, 1.82) is 0 Å². The molecular formula is C11H12BrN3O4. The van der Waals surface area contributed by atoms with Gasteiger partial charge in [-0.25, -0.2) is 4.79 Å². The Morgan fingerprint density at radius 3 is 2.47 bits per heavy atom. The molecule has 0 bridgehead atoms. The molecule has 6 N–H and O–H groups in total. The fourth-order valence-electron chi connectivity index (χ4n) is 1.28. The summed E-state index contributed by atoms with van der Waals surface area (Å²) < 4.78 is 0.395. The number of hydrogen-bond acceptors (Lipinski definition) is 4. The van der Waals surface area contributed by atoms with Crippen LogP contribution in [0.2, 0.25) is 0 Å². The van der Waals surface area contributed by atoms with Crippen LogP contribution in [0.1, 0.15) is 16.8 Å². The van der Waals surface area contributed by atoms with Gasteiger partial charge in [0.1, 0.15) is 0 Å². The number of nitrogens with one attached hydrogen (secondary N) is 1. The highest BCUT2D eigenvalue weighted by molar-refractivity contribution is 9.10. The summed E-state index contributed by atoms with van der Waals surface area (Å²) in [7, 11) is 0. The van der Waals surface area contributed by atoms with E-state index in [1.807, 2.05) is 0 Å². The zero-order valence-corrected chi connectivity index (χ0v) is 11.3. The number of benzene rings is 1. The van der Waals surface area contributed by atoms with Crippen LogP contribution in [0.5, 0.6) is 0 Å². The Morgan fingerprint density at radius 2 is 2.00 bits per heavy atom. The predicted octanol–water partition coefficient (Wildman–Crippen LogP) is 0.288. The molecule has 0 heterocycles. The molecule has 0 radical (unpaired) electrons. The second kappa shape index (κ2) is 6.30. The van der Waals surface area contributed by atoms with Crippen LogP contribution in [-0.4, -0.2) is 28.9 Å². The second-order valence-electron chi connectivity index (χ2n) is 3.77. The van der Waals surface area contributed by atoms with E-state index in [9.17, 15) is 14.4 Å². The molecular weight excluding hydrogens is 318 g/mol. The van der Waals surface area contributed by atoms with Gasteiger partial charge in [0.2, 0.25) is 11.8 Å². The molecule has 1 aromatic carbocycles. The maximum absolute atomic E-state index is 11.6. The van der Waals surface area contributed by atoms with Crippen molar-refractivity contribution >= 4 is 39.4 Å². The standard InChI is InChI=1S/C11H12BrN3O4/c12-6-3-5(11(18)19)1-2-8(6)15-10(17)7(13)4-9(14)16/h1-3,7H,4,13H2,(H2,14,16)(H,15,17)(H,18,19). The number of carboxylic acids is 1. The first-order chi connectivity index (χ1) is 8.81. The number of hydrogen-bond donors (Lipinski definition) is 4. The fraction of sp³-hybridized carbons (Fsp3) is 0.182. The second-order valence-corrected chi connectivity index (χ2v) is 4.62. The van der Waals surface area contributed by atoms with E-state index >= 15 is 0 Å². The van der Waals surface area contributed by atoms with Crippen molar-refractivity contribution in [3.05, 3.63) is 28.2 Å². The van der Waals surface area contributed by atoms with Gasteiger partial charge in [0.25, 0.3) is 0 Å². The average molecular weight is 330 g/mol. The molecule has 0 saturated heterocycles. The van der Waals surface area contributed by atoms with E-state index in [1.165, 1.54) is 18.2 Å². The van der Waals surface area contributed by atoms with Crippen LogP contribution in [0.3, 0.4) is 0 Å². The quantitative estimate of drug-likeness (QED) is 0.615. The Hall–Kier alpha value is -1.93. The van der Waals surface area contributed by atoms with Gasteiger partial charge in [-0.3, -0.25) is 9.59 Å². The van der Waals surface area contributed by atoms with Crippen LogP contribution in [0.25, 0.3) is 0 Å². The lowest BCUT2D eigenvalue weighted by molar-refractivity contribution is -0.123. The summed E-state index contributed by atoms with van der Waals surface area (Å²) in [6, 6.07) is 3.05. The minimum Gasteiger partial charge on any atom is -0.478 e. The van der Waals surface area contributed by atoms with E-state index in [4.69, 9.17) is 16.6 Å². The maximum Gasteiger partial charge on any atom is 0.335 e. The molecule has 102 valence electrons. The van der Waals surface area contributed by atoms with Crippen molar-refractivity contribution in [2.75, 3.05) is 5.32 Å². The molecule has 0 fully saturated rings. The van der Waals surface area contributed by atoms with Crippen LogP contribution in [0.15, 0.2) is 22.7 Å². The van der Waals surface area contributed by atoms with Gasteiger partial charge >= 0.3 is 5.97 Å². The Labute approximate surface area is 117 Å². The lowest BCUT2D eigenvalue weighted by atomic mass is 10.1. The molecule has 2 amide bonds. The fourth-order valence-corrected chi connectivity index (χ4v) is 1.76. The number of carbonyl (C=O) groups is 3. The maximum atomic E-state index is 11.6. The molecule has 19 heavy (non-hydrogen) atoms. The smallest absolute Gasteiger partial charge is 0.335 e. The molecule has 1 aromatic rings. The lowest BCUT2D eigenvalue weighted by Crippen LogP contribution is -2.39. The molecule has 7 nitrogen and oxygen atoms in total. The van der Waals surface area contributed by atoms with Crippen molar-refractivity contribution in [3.63, 3.8) is 0 Å². The number of halogens is 1. The number of amides is 2. The summed E-state index contributed by atoms with van der Waals surface area (Å²) in [5, 5.41) is 11.3. The lowest BCUT2D eigenvalue weighted by Gasteiger charge is -2.12. The van der Waals surface area contributed by atoms with Gasteiger partial charge < -0.3 is 21.9 Å².